The van der Waals surface area contributed by atoms with Crippen LogP contribution in [0.4, 0.5) is 0 Å². The molecule has 5 N–H and O–H groups in total. The lowest BCUT2D eigenvalue weighted by Crippen LogP contribution is -2.44. The van der Waals surface area contributed by atoms with E-state index in [0.29, 0.717) is 19.1 Å². The molecule has 96 valence electrons. The second kappa shape index (κ2) is 8.28. The summed E-state index contributed by atoms with van der Waals surface area (Å²) in [5, 5.41) is 2.76. The number of hydrogen-bond acceptors (Lipinski definition) is 5. The smallest absolute Gasteiger partial charge is 0.213 e. The van der Waals surface area contributed by atoms with E-state index in [-0.39, 0.29) is 12.3 Å². The molecule has 0 saturated carbocycles. The Morgan fingerprint density at radius 3 is 2.69 bits per heavy atom. The van der Waals surface area contributed by atoms with Crippen LogP contribution in [-0.2, 0) is 14.8 Å². The van der Waals surface area contributed by atoms with Gasteiger partial charge in [-0.1, -0.05) is 0 Å². The van der Waals surface area contributed by atoms with Gasteiger partial charge < -0.3 is 10.1 Å². The van der Waals surface area contributed by atoms with Crippen LogP contribution in [0.5, 0.6) is 0 Å². The number of nitrogens with zero attached hydrogens (tertiary/aromatic N) is 1. The van der Waals surface area contributed by atoms with E-state index in [4.69, 9.17) is 10.6 Å². The van der Waals surface area contributed by atoms with Crippen molar-refractivity contribution in [1.29, 1.82) is 0 Å². The summed E-state index contributed by atoms with van der Waals surface area (Å²) in [7, 11) is -0.277. The van der Waals surface area contributed by atoms with Crippen LogP contribution in [0.3, 0.4) is 0 Å². The normalized spacial score (nSPS) is 12.6. The summed E-state index contributed by atoms with van der Waals surface area (Å²) in [5.41, 5.74) is 2.33. The summed E-state index contributed by atoms with van der Waals surface area (Å²) < 4.78 is 29.1. The van der Waals surface area contributed by atoms with E-state index < -0.39 is 10.0 Å². The van der Waals surface area contributed by atoms with Gasteiger partial charge in [-0.05, 0) is 7.05 Å². The summed E-state index contributed by atoms with van der Waals surface area (Å²) in [5.74, 6) is 5.48. The molecule has 9 heteroatoms. The lowest BCUT2D eigenvalue weighted by molar-refractivity contribution is 0.208. The molecular formula is C7H19N5O3S. The summed E-state index contributed by atoms with van der Waals surface area (Å²) in [4.78, 5) is 4.01. The van der Waals surface area contributed by atoms with Gasteiger partial charge in [0.1, 0.15) is 0 Å². The topological polar surface area (TPSA) is 118 Å². The third-order valence-corrected chi connectivity index (χ3v) is 3.04. The molecule has 0 unspecified atom stereocenters. The Morgan fingerprint density at radius 2 is 2.19 bits per heavy atom. The lowest BCUT2D eigenvalue weighted by atomic mass is 10.7. The number of nitrogens with two attached hydrogens (primary N) is 1. The molecular weight excluding hydrogens is 234 g/mol. The first-order chi connectivity index (χ1) is 7.55. The van der Waals surface area contributed by atoms with Gasteiger partial charge in [0.05, 0.1) is 18.9 Å². The maximum Gasteiger partial charge on any atom is 0.213 e. The van der Waals surface area contributed by atoms with Crippen molar-refractivity contribution in [2.45, 2.75) is 0 Å². The molecule has 8 nitrogen and oxygen atoms in total. The van der Waals surface area contributed by atoms with Crippen LogP contribution in [0.2, 0.25) is 0 Å². The zero-order valence-electron chi connectivity index (χ0n) is 9.49. The van der Waals surface area contributed by atoms with Gasteiger partial charge in [-0.3, -0.25) is 5.43 Å². The molecule has 0 aromatic rings. The highest BCUT2D eigenvalue weighted by atomic mass is 32.2. The Bertz CT molecular complexity index is 303. The van der Waals surface area contributed by atoms with Crippen molar-refractivity contribution in [3.63, 3.8) is 0 Å². The maximum absolute atomic E-state index is 11.1. The van der Waals surface area contributed by atoms with Gasteiger partial charge in [0.2, 0.25) is 16.0 Å². The first kappa shape index (κ1) is 15.1. The van der Waals surface area contributed by atoms with Crippen LogP contribution in [0.25, 0.3) is 0 Å². The highest BCUT2D eigenvalue weighted by Gasteiger charge is 2.06. The molecule has 0 aliphatic heterocycles. The van der Waals surface area contributed by atoms with Crippen LogP contribution >= 0.6 is 0 Å². The molecule has 0 aliphatic carbocycles. The van der Waals surface area contributed by atoms with Crippen molar-refractivity contribution >= 4 is 16.0 Å². The van der Waals surface area contributed by atoms with Crippen LogP contribution in [0.15, 0.2) is 4.99 Å². The van der Waals surface area contributed by atoms with Crippen molar-refractivity contribution in [3.05, 3.63) is 0 Å². The van der Waals surface area contributed by atoms with Gasteiger partial charge in [0, 0.05) is 13.7 Å². The summed E-state index contributed by atoms with van der Waals surface area (Å²) in [6.45, 7) is 1.14. The van der Waals surface area contributed by atoms with Gasteiger partial charge >= 0.3 is 0 Å². The van der Waals surface area contributed by atoms with Gasteiger partial charge in [-0.2, -0.15) is 0 Å². The number of hydrogen-bond donors (Lipinski definition) is 4. The minimum absolute atomic E-state index is 0.0471. The zero-order chi connectivity index (χ0) is 12.4. The summed E-state index contributed by atoms with van der Waals surface area (Å²) in [6.07, 6.45) is 0. The Morgan fingerprint density at radius 1 is 1.50 bits per heavy atom. The number of hydrazine groups is 1. The number of guanidine groups is 1. The third-order valence-electron chi connectivity index (χ3n) is 1.68. The van der Waals surface area contributed by atoms with Crippen molar-refractivity contribution < 1.29 is 13.2 Å². The second-order valence-corrected chi connectivity index (χ2v) is 4.86. The predicted molar refractivity (Wildman–Crippen MR) is 62.4 cm³/mol. The van der Waals surface area contributed by atoms with Crippen molar-refractivity contribution in [1.82, 2.24) is 15.5 Å². The number of methoxy groups -OCH3 is 1. The summed E-state index contributed by atoms with van der Waals surface area (Å²) in [6, 6.07) is 0. The van der Waals surface area contributed by atoms with E-state index in [9.17, 15) is 8.42 Å². The molecule has 0 bridgehead atoms. The van der Waals surface area contributed by atoms with E-state index in [1.54, 1.807) is 7.11 Å². The standard InChI is InChI=1S/C7H19N5O3S/c1-9-16(13,14)6-4-11-7(12-8)10-3-5-15-2/h9H,3-6,8H2,1-2H3,(H2,10,11,12). The maximum atomic E-state index is 11.1. The van der Waals surface area contributed by atoms with E-state index in [1.807, 2.05) is 0 Å². The average molecular weight is 253 g/mol. The Hall–Kier alpha value is -0.900. The molecule has 16 heavy (non-hydrogen) atoms. The number of rotatable bonds is 7. The quantitative estimate of drug-likeness (QED) is 0.132. The van der Waals surface area contributed by atoms with Crippen LogP contribution in [0, 0.1) is 0 Å². The molecule has 0 heterocycles. The van der Waals surface area contributed by atoms with Gasteiger partial charge in [0.25, 0.3) is 0 Å². The Kier molecular flexibility index (Phi) is 7.81. The molecule has 0 aromatic carbocycles. The number of sulfonamides is 1. The Balaban J connectivity index is 3.92. The third kappa shape index (κ3) is 7.40. The highest BCUT2D eigenvalue weighted by Crippen LogP contribution is 1.80. The SMILES string of the molecule is CNS(=O)(=O)CCNC(=NCCOC)NN. The first-order valence-corrected chi connectivity index (χ1v) is 6.36. The lowest BCUT2D eigenvalue weighted by Gasteiger charge is -2.08. The van der Waals surface area contributed by atoms with Crippen molar-refractivity contribution in [2.75, 3.05) is 39.6 Å². The molecule has 0 atom stereocenters. The molecule has 0 spiro atoms. The molecule has 0 amide bonds. The van der Waals surface area contributed by atoms with Gasteiger partial charge in [-0.25, -0.2) is 24.0 Å². The van der Waals surface area contributed by atoms with E-state index in [2.05, 4.69) is 20.5 Å². The van der Waals surface area contributed by atoms with Crippen LogP contribution < -0.4 is 21.3 Å². The van der Waals surface area contributed by atoms with Gasteiger partial charge in [0.15, 0.2) is 0 Å². The molecule has 0 saturated heterocycles. The molecule has 0 radical (unpaired) electrons. The number of ether oxygens (including phenoxy) is 1. The average Bonchev–Trinajstić information content (AvgIpc) is 2.27. The zero-order valence-corrected chi connectivity index (χ0v) is 10.3. The fourth-order valence-electron chi connectivity index (χ4n) is 0.807. The monoisotopic (exact) mass is 253 g/mol. The Labute approximate surface area is 95.7 Å². The minimum Gasteiger partial charge on any atom is -0.383 e. The van der Waals surface area contributed by atoms with E-state index in [1.165, 1.54) is 7.05 Å². The van der Waals surface area contributed by atoms with Crippen molar-refractivity contribution in [2.24, 2.45) is 10.8 Å². The van der Waals surface area contributed by atoms with Crippen LogP contribution in [0.1, 0.15) is 0 Å². The van der Waals surface area contributed by atoms with E-state index >= 15 is 0 Å². The molecule has 0 rings (SSSR count). The largest absolute Gasteiger partial charge is 0.383 e. The fourth-order valence-corrected chi connectivity index (χ4v) is 1.38. The van der Waals surface area contributed by atoms with E-state index in [0.717, 1.165) is 0 Å². The highest BCUT2D eigenvalue weighted by molar-refractivity contribution is 7.89. The molecule has 0 fully saturated rings. The number of nitrogens with one attached hydrogen (secondary N) is 3. The number of aliphatic imine (C=N–C) groups is 1. The predicted octanol–water partition coefficient (Wildman–Crippen LogP) is -2.41. The minimum atomic E-state index is -3.21. The van der Waals surface area contributed by atoms with Crippen LogP contribution in [-0.4, -0.2) is 54.0 Å². The van der Waals surface area contributed by atoms with Gasteiger partial charge in [-0.15, -0.1) is 0 Å². The molecule has 0 aromatic heterocycles. The first-order valence-electron chi connectivity index (χ1n) is 4.71. The second-order valence-electron chi connectivity index (χ2n) is 2.82. The summed E-state index contributed by atoms with van der Waals surface area (Å²) >= 11 is 0. The fraction of sp³-hybridized carbons (Fsp3) is 0.857. The molecule has 0 aliphatic rings. The van der Waals surface area contributed by atoms with Crippen molar-refractivity contribution in [3.8, 4) is 0 Å².